The maximum atomic E-state index is 13.3. The Hall–Kier alpha value is -3.57. The molecule has 4 rings (SSSR count). The molecule has 1 aromatic carbocycles. The summed E-state index contributed by atoms with van der Waals surface area (Å²) in [6.45, 7) is -0.684. The van der Waals surface area contributed by atoms with Crippen LogP contribution in [0.2, 0.25) is 0 Å². The van der Waals surface area contributed by atoms with Gasteiger partial charge in [0.2, 0.25) is 11.8 Å². The second-order valence-electron chi connectivity index (χ2n) is 7.72. The number of hydrogen-bond donors (Lipinski definition) is 2. The van der Waals surface area contributed by atoms with E-state index in [9.17, 15) is 22.8 Å². The second-order valence-corrected chi connectivity index (χ2v) is 7.72. The number of ether oxygens (including phenoxy) is 2. The number of nitrogens with two attached hydrogens (primary N) is 1. The van der Waals surface area contributed by atoms with Crippen LogP contribution < -0.4 is 25.4 Å². The molecule has 3 N–H and O–H groups in total. The minimum absolute atomic E-state index is 0.0253. The molecule has 2 fully saturated rings. The third-order valence-electron chi connectivity index (χ3n) is 4.94. The molecule has 9 nitrogen and oxygen atoms in total. The van der Waals surface area contributed by atoms with Crippen LogP contribution in [0.5, 0.6) is 11.8 Å². The first kappa shape index (κ1) is 21.7. The van der Waals surface area contributed by atoms with Crippen LogP contribution in [0.25, 0.3) is 0 Å². The minimum Gasteiger partial charge on any atom is -0.475 e. The zero-order chi connectivity index (χ0) is 22.9. The van der Waals surface area contributed by atoms with E-state index < -0.39 is 42.9 Å². The van der Waals surface area contributed by atoms with Gasteiger partial charge in [-0.25, -0.2) is 22.9 Å². The Morgan fingerprint density at radius 3 is 2.53 bits per heavy atom. The van der Waals surface area contributed by atoms with Gasteiger partial charge in [-0.3, -0.25) is 4.79 Å². The summed E-state index contributed by atoms with van der Waals surface area (Å²) in [6, 6.07) is 3.55. The van der Waals surface area contributed by atoms with Crippen molar-refractivity contribution in [2.24, 2.45) is 11.7 Å². The molecule has 12 heteroatoms. The summed E-state index contributed by atoms with van der Waals surface area (Å²) in [6.07, 6.45) is 2.03. The number of benzene rings is 1. The van der Waals surface area contributed by atoms with Crippen molar-refractivity contribution in [3.63, 3.8) is 0 Å². The average Bonchev–Trinajstić information content (AvgIpc) is 3.54. The number of nitrogens with one attached hydrogen (secondary N) is 1. The quantitative estimate of drug-likeness (QED) is 0.631. The summed E-state index contributed by atoms with van der Waals surface area (Å²) in [5, 5.41) is 2.27. The smallest absolute Gasteiger partial charge is 0.414 e. The van der Waals surface area contributed by atoms with E-state index >= 15 is 0 Å². The molecule has 0 spiro atoms. The number of carbonyl (C=O) groups excluding carboxylic acids is 2. The van der Waals surface area contributed by atoms with Gasteiger partial charge in [0.05, 0.1) is 25.9 Å². The number of rotatable bonds is 8. The molecule has 1 aliphatic heterocycles. The van der Waals surface area contributed by atoms with E-state index in [1.165, 1.54) is 17.0 Å². The van der Waals surface area contributed by atoms with E-state index in [1.54, 1.807) is 0 Å². The number of amides is 2. The van der Waals surface area contributed by atoms with Crippen molar-refractivity contribution < 1.29 is 32.2 Å². The molecule has 1 atom stereocenters. The highest BCUT2D eigenvalue weighted by molar-refractivity contribution is 5.85. The summed E-state index contributed by atoms with van der Waals surface area (Å²) >= 11 is 0. The SMILES string of the molecule is NC(=O)[C@@H](NC(=O)Oc1cnc(N2CC(F)(F)C2)c(OCC2CC2)n1)c1ccc(F)cc1. The highest BCUT2D eigenvalue weighted by atomic mass is 19.3. The van der Waals surface area contributed by atoms with Crippen LogP contribution in [0.1, 0.15) is 24.4 Å². The number of primary amides is 1. The van der Waals surface area contributed by atoms with Crippen molar-refractivity contribution in [1.29, 1.82) is 0 Å². The Balaban J connectivity index is 1.46. The van der Waals surface area contributed by atoms with Gasteiger partial charge in [-0.1, -0.05) is 12.1 Å². The Morgan fingerprint density at radius 2 is 1.94 bits per heavy atom. The molecule has 2 amide bonds. The van der Waals surface area contributed by atoms with Crippen molar-refractivity contribution >= 4 is 17.8 Å². The number of anilines is 1. The standard InChI is InChI=1S/C20H20F3N5O4/c21-13-5-3-12(4-6-13)15(16(24)29)27-19(30)32-14-7-25-17(28-9-20(22,23)10-28)18(26-14)31-8-11-1-2-11/h3-7,11,15H,1-2,8-10H2,(H2,24,29)(H,27,30)/t15-/m0/s1. The summed E-state index contributed by atoms with van der Waals surface area (Å²) < 4.78 is 50.3. The lowest BCUT2D eigenvalue weighted by Crippen LogP contribution is -2.56. The van der Waals surface area contributed by atoms with Gasteiger partial charge in [-0.05, 0) is 36.5 Å². The number of alkyl halides is 2. The van der Waals surface area contributed by atoms with Crippen molar-refractivity contribution in [1.82, 2.24) is 15.3 Å². The zero-order valence-corrected chi connectivity index (χ0v) is 16.8. The van der Waals surface area contributed by atoms with Crippen LogP contribution in [0.4, 0.5) is 23.8 Å². The van der Waals surface area contributed by atoms with Gasteiger partial charge in [0.1, 0.15) is 11.9 Å². The van der Waals surface area contributed by atoms with Crippen LogP contribution in [-0.2, 0) is 4.79 Å². The number of aromatic nitrogens is 2. The number of nitrogens with zero attached hydrogens (tertiary/aromatic N) is 3. The van der Waals surface area contributed by atoms with Gasteiger partial charge < -0.3 is 25.4 Å². The van der Waals surface area contributed by atoms with Gasteiger partial charge in [0.25, 0.3) is 11.8 Å². The molecule has 1 saturated carbocycles. The Morgan fingerprint density at radius 1 is 1.25 bits per heavy atom. The predicted molar refractivity (Wildman–Crippen MR) is 105 cm³/mol. The summed E-state index contributed by atoms with van der Waals surface area (Å²) in [5.74, 6) is -4.01. The normalized spacial score (nSPS) is 17.8. The molecule has 1 aromatic heterocycles. The van der Waals surface area contributed by atoms with Gasteiger partial charge in [0, 0.05) is 0 Å². The van der Waals surface area contributed by atoms with Crippen LogP contribution >= 0.6 is 0 Å². The van der Waals surface area contributed by atoms with E-state index in [-0.39, 0.29) is 23.1 Å². The van der Waals surface area contributed by atoms with E-state index in [0.29, 0.717) is 12.5 Å². The lowest BCUT2D eigenvalue weighted by Gasteiger charge is -2.39. The first-order chi connectivity index (χ1) is 15.2. The van der Waals surface area contributed by atoms with Gasteiger partial charge in [0.15, 0.2) is 5.82 Å². The molecule has 32 heavy (non-hydrogen) atoms. The third kappa shape index (κ3) is 5.18. The lowest BCUT2D eigenvalue weighted by molar-refractivity contribution is -0.120. The van der Waals surface area contributed by atoms with Crippen molar-refractivity contribution in [2.75, 3.05) is 24.6 Å². The molecule has 2 aliphatic rings. The summed E-state index contributed by atoms with van der Waals surface area (Å²) in [4.78, 5) is 33.5. The molecule has 2 aromatic rings. The Kier molecular flexibility index (Phi) is 5.76. The molecule has 1 saturated heterocycles. The van der Waals surface area contributed by atoms with Gasteiger partial charge >= 0.3 is 6.09 Å². The minimum atomic E-state index is -2.81. The van der Waals surface area contributed by atoms with Crippen molar-refractivity contribution in [3.05, 3.63) is 41.8 Å². The molecule has 1 aliphatic carbocycles. The van der Waals surface area contributed by atoms with E-state index in [0.717, 1.165) is 31.2 Å². The fraction of sp³-hybridized carbons (Fsp3) is 0.400. The van der Waals surface area contributed by atoms with E-state index in [4.69, 9.17) is 15.2 Å². The summed E-state index contributed by atoms with van der Waals surface area (Å²) in [7, 11) is 0. The third-order valence-corrected chi connectivity index (χ3v) is 4.94. The molecule has 0 radical (unpaired) electrons. The summed E-state index contributed by atoms with van der Waals surface area (Å²) in [5.41, 5.74) is 5.58. The highest BCUT2D eigenvalue weighted by Gasteiger charge is 2.46. The topological polar surface area (TPSA) is 120 Å². The Labute approximate surface area is 180 Å². The molecule has 170 valence electrons. The number of hydrogen-bond acceptors (Lipinski definition) is 7. The van der Waals surface area contributed by atoms with Crippen LogP contribution in [0.3, 0.4) is 0 Å². The predicted octanol–water partition coefficient (Wildman–Crippen LogP) is 2.17. The van der Waals surface area contributed by atoms with Gasteiger partial charge in [-0.15, -0.1) is 0 Å². The van der Waals surface area contributed by atoms with Gasteiger partial charge in [-0.2, -0.15) is 4.98 Å². The average molecular weight is 451 g/mol. The molecule has 2 heterocycles. The maximum Gasteiger partial charge on any atom is 0.414 e. The first-order valence-corrected chi connectivity index (χ1v) is 9.86. The van der Waals surface area contributed by atoms with Crippen LogP contribution in [0, 0.1) is 11.7 Å². The van der Waals surface area contributed by atoms with E-state index in [1.807, 2.05) is 0 Å². The fourth-order valence-corrected chi connectivity index (χ4v) is 3.07. The molecular formula is C20H20F3N5O4. The van der Waals surface area contributed by atoms with Crippen molar-refractivity contribution in [2.45, 2.75) is 24.8 Å². The molecule has 0 unspecified atom stereocenters. The van der Waals surface area contributed by atoms with Crippen molar-refractivity contribution in [3.8, 4) is 11.8 Å². The fourth-order valence-electron chi connectivity index (χ4n) is 3.07. The van der Waals surface area contributed by atoms with Crippen LogP contribution in [-0.4, -0.2) is 47.6 Å². The maximum absolute atomic E-state index is 13.3. The largest absolute Gasteiger partial charge is 0.475 e. The second kappa shape index (κ2) is 8.52. The van der Waals surface area contributed by atoms with Crippen LogP contribution in [0.15, 0.2) is 30.5 Å². The van der Waals surface area contributed by atoms with E-state index in [2.05, 4.69) is 15.3 Å². The molecule has 0 bridgehead atoms. The monoisotopic (exact) mass is 451 g/mol. The Bertz CT molecular complexity index is 1010. The highest BCUT2D eigenvalue weighted by Crippen LogP contribution is 2.37. The zero-order valence-electron chi connectivity index (χ0n) is 16.8. The first-order valence-electron chi connectivity index (χ1n) is 9.86. The molecular weight excluding hydrogens is 431 g/mol. The lowest BCUT2D eigenvalue weighted by atomic mass is 10.1. The number of halogens is 3. The number of carbonyl (C=O) groups is 2.